The molecule has 0 radical (unpaired) electrons. The van der Waals surface area contributed by atoms with Crippen LogP contribution >= 0.6 is 11.6 Å². The van der Waals surface area contributed by atoms with Crippen molar-refractivity contribution in [3.8, 4) is 17.2 Å². The minimum atomic E-state index is -0.165. The number of benzene rings is 1. The number of halogens is 1. The van der Waals surface area contributed by atoms with Gasteiger partial charge in [0.25, 0.3) is 5.91 Å². The molecule has 27 heavy (non-hydrogen) atoms. The maximum atomic E-state index is 12.6. The number of aromatic nitrogens is 1. The van der Waals surface area contributed by atoms with Gasteiger partial charge in [0.15, 0.2) is 0 Å². The summed E-state index contributed by atoms with van der Waals surface area (Å²) in [4.78, 5) is 17.2. The molecule has 1 aliphatic carbocycles. The summed E-state index contributed by atoms with van der Waals surface area (Å²) in [6.07, 6.45) is 5.92. The summed E-state index contributed by atoms with van der Waals surface area (Å²) in [7, 11) is 0. The molecule has 2 aromatic rings. The SMILES string of the molecule is CCCCc1nc(-c2cccc(OCCCCl)c2)oc1C(=O)NCC1CC1. The lowest BCUT2D eigenvalue weighted by atomic mass is 10.1. The Morgan fingerprint density at radius 1 is 1.37 bits per heavy atom. The first-order valence-corrected chi connectivity index (χ1v) is 10.3. The standard InChI is InChI=1S/C21H27ClN2O3/c1-2-3-8-18-19(20(25)23-14-15-9-10-15)27-21(24-18)16-6-4-7-17(13-16)26-12-5-11-22/h4,6-7,13,15H,2-3,5,8-12,14H2,1H3,(H,23,25). The van der Waals surface area contributed by atoms with Crippen LogP contribution in [-0.4, -0.2) is 29.9 Å². The van der Waals surface area contributed by atoms with E-state index in [4.69, 9.17) is 20.8 Å². The lowest BCUT2D eigenvalue weighted by Crippen LogP contribution is -2.26. The second-order valence-electron chi connectivity index (χ2n) is 6.97. The van der Waals surface area contributed by atoms with Crippen molar-refractivity contribution in [3.63, 3.8) is 0 Å². The number of hydrogen-bond donors (Lipinski definition) is 1. The Morgan fingerprint density at radius 3 is 2.96 bits per heavy atom. The molecule has 3 rings (SSSR count). The van der Waals surface area contributed by atoms with Crippen LogP contribution in [0.1, 0.15) is 55.3 Å². The highest BCUT2D eigenvalue weighted by atomic mass is 35.5. The van der Waals surface area contributed by atoms with Gasteiger partial charge in [-0.15, -0.1) is 11.6 Å². The molecule has 1 fully saturated rings. The fourth-order valence-electron chi connectivity index (χ4n) is 2.77. The van der Waals surface area contributed by atoms with Crippen molar-refractivity contribution in [2.24, 2.45) is 5.92 Å². The summed E-state index contributed by atoms with van der Waals surface area (Å²) >= 11 is 5.69. The summed E-state index contributed by atoms with van der Waals surface area (Å²) in [6.45, 7) is 3.40. The zero-order valence-electron chi connectivity index (χ0n) is 15.8. The summed E-state index contributed by atoms with van der Waals surface area (Å²) in [6, 6.07) is 7.58. The predicted octanol–water partition coefficient (Wildman–Crippen LogP) is 4.83. The van der Waals surface area contributed by atoms with Crippen LogP contribution in [0.2, 0.25) is 0 Å². The molecular weight excluding hydrogens is 364 g/mol. The van der Waals surface area contributed by atoms with Gasteiger partial charge in [0, 0.05) is 18.0 Å². The number of nitrogens with zero attached hydrogens (tertiary/aromatic N) is 1. The Labute approximate surface area is 165 Å². The Bertz CT molecular complexity index is 756. The molecule has 1 saturated carbocycles. The van der Waals surface area contributed by atoms with Gasteiger partial charge in [0.05, 0.1) is 12.3 Å². The van der Waals surface area contributed by atoms with Crippen LogP contribution in [0.4, 0.5) is 0 Å². The fraction of sp³-hybridized carbons (Fsp3) is 0.524. The molecule has 0 unspecified atom stereocenters. The van der Waals surface area contributed by atoms with E-state index in [0.29, 0.717) is 36.6 Å². The van der Waals surface area contributed by atoms with Crippen LogP contribution in [0.15, 0.2) is 28.7 Å². The van der Waals surface area contributed by atoms with Crippen LogP contribution in [-0.2, 0) is 6.42 Å². The number of aryl methyl sites for hydroxylation is 1. The number of nitrogens with one attached hydrogen (secondary N) is 1. The van der Waals surface area contributed by atoms with Crippen LogP contribution in [0.5, 0.6) is 5.75 Å². The third-order valence-corrected chi connectivity index (χ3v) is 4.81. The first-order valence-electron chi connectivity index (χ1n) is 9.78. The van der Waals surface area contributed by atoms with Gasteiger partial charge < -0.3 is 14.5 Å². The molecule has 1 heterocycles. The van der Waals surface area contributed by atoms with E-state index in [1.54, 1.807) is 0 Å². The van der Waals surface area contributed by atoms with Crippen LogP contribution in [0.25, 0.3) is 11.5 Å². The van der Waals surface area contributed by atoms with Crippen molar-refractivity contribution in [2.75, 3.05) is 19.0 Å². The third kappa shape index (κ3) is 5.73. The largest absolute Gasteiger partial charge is 0.494 e. The maximum absolute atomic E-state index is 12.6. The Balaban J connectivity index is 1.77. The highest BCUT2D eigenvalue weighted by molar-refractivity contribution is 6.17. The third-order valence-electron chi connectivity index (χ3n) is 4.55. The van der Waals surface area contributed by atoms with E-state index in [1.165, 1.54) is 12.8 Å². The van der Waals surface area contributed by atoms with Gasteiger partial charge in [-0.1, -0.05) is 19.4 Å². The Kier molecular flexibility index (Phi) is 7.16. The lowest BCUT2D eigenvalue weighted by molar-refractivity contribution is 0.0923. The normalized spacial score (nSPS) is 13.6. The summed E-state index contributed by atoms with van der Waals surface area (Å²) in [5, 5.41) is 2.98. The topological polar surface area (TPSA) is 64.4 Å². The number of carbonyl (C=O) groups excluding carboxylic acids is 1. The molecule has 0 aliphatic heterocycles. The molecule has 1 aromatic heterocycles. The van der Waals surface area contributed by atoms with E-state index in [-0.39, 0.29) is 5.91 Å². The van der Waals surface area contributed by atoms with E-state index >= 15 is 0 Å². The van der Waals surface area contributed by atoms with E-state index < -0.39 is 0 Å². The fourth-order valence-corrected chi connectivity index (χ4v) is 2.88. The van der Waals surface area contributed by atoms with Crippen molar-refractivity contribution < 1.29 is 13.9 Å². The smallest absolute Gasteiger partial charge is 0.289 e. The van der Waals surface area contributed by atoms with Gasteiger partial charge >= 0.3 is 0 Å². The number of rotatable bonds is 11. The second-order valence-corrected chi connectivity index (χ2v) is 7.35. The molecule has 1 aromatic carbocycles. The van der Waals surface area contributed by atoms with Gasteiger partial charge in [0.1, 0.15) is 5.75 Å². The van der Waals surface area contributed by atoms with E-state index in [0.717, 1.165) is 42.7 Å². The maximum Gasteiger partial charge on any atom is 0.289 e. The predicted molar refractivity (Wildman–Crippen MR) is 106 cm³/mol. The molecule has 5 nitrogen and oxygen atoms in total. The van der Waals surface area contributed by atoms with E-state index in [9.17, 15) is 4.79 Å². The Morgan fingerprint density at radius 2 is 2.22 bits per heavy atom. The summed E-state index contributed by atoms with van der Waals surface area (Å²) in [5.74, 6) is 2.57. The minimum absolute atomic E-state index is 0.165. The summed E-state index contributed by atoms with van der Waals surface area (Å²) < 4.78 is 11.6. The number of oxazole rings is 1. The first-order chi connectivity index (χ1) is 13.2. The number of unbranched alkanes of at least 4 members (excludes halogenated alkanes) is 1. The molecule has 0 saturated heterocycles. The number of hydrogen-bond acceptors (Lipinski definition) is 4. The van der Waals surface area contributed by atoms with Gasteiger partial charge in [-0.25, -0.2) is 4.98 Å². The van der Waals surface area contributed by atoms with Crippen LogP contribution in [0, 0.1) is 5.92 Å². The average molecular weight is 391 g/mol. The number of ether oxygens (including phenoxy) is 1. The zero-order chi connectivity index (χ0) is 19.1. The number of amides is 1. The molecule has 0 bridgehead atoms. The van der Waals surface area contributed by atoms with Crippen molar-refractivity contribution in [1.82, 2.24) is 10.3 Å². The van der Waals surface area contributed by atoms with Crippen molar-refractivity contribution in [3.05, 3.63) is 35.7 Å². The Hall–Kier alpha value is -2.01. The van der Waals surface area contributed by atoms with Gasteiger partial charge in [-0.3, -0.25) is 4.79 Å². The van der Waals surface area contributed by atoms with Crippen molar-refractivity contribution in [2.45, 2.75) is 45.4 Å². The van der Waals surface area contributed by atoms with Crippen LogP contribution < -0.4 is 10.1 Å². The summed E-state index contributed by atoms with van der Waals surface area (Å²) in [5.41, 5.74) is 1.53. The number of alkyl halides is 1. The molecular formula is C21H27ClN2O3. The van der Waals surface area contributed by atoms with E-state index in [2.05, 4.69) is 17.2 Å². The van der Waals surface area contributed by atoms with Crippen molar-refractivity contribution >= 4 is 17.5 Å². The zero-order valence-corrected chi connectivity index (χ0v) is 16.6. The van der Waals surface area contributed by atoms with Crippen LogP contribution in [0.3, 0.4) is 0 Å². The first kappa shape index (κ1) is 19.7. The van der Waals surface area contributed by atoms with Crippen molar-refractivity contribution in [1.29, 1.82) is 0 Å². The molecule has 1 aliphatic rings. The highest BCUT2D eigenvalue weighted by Gasteiger charge is 2.25. The molecule has 0 spiro atoms. The van der Waals surface area contributed by atoms with E-state index in [1.807, 2.05) is 24.3 Å². The number of carbonyl (C=O) groups is 1. The molecule has 1 amide bonds. The minimum Gasteiger partial charge on any atom is -0.494 e. The van der Waals surface area contributed by atoms with Gasteiger partial charge in [0.2, 0.25) is 11.7 Å². The van der Waals surface area contributed by atoms with Gasteiger partial charge in [-0.05, 0) is 56.2 Å². The molecule has 146 valence electrons. The monoisotopic (exact) mass is 390 g/mol. The quantitative estimate of drug-likeness (QED) is 0.440. The second kappa shape index (κ2) is 9.79. The molecule has 1 N–H and O–H groups in total. The lowest BCUT2D eigenvalue weighted by Gasteiger charge is -2.05. The van der Waals surface area contributed by atoms with Gasteiger partial charge in [-0.2, -0.15) is 0 Å². The molecule has 6 heteroatoms. The average Bonchev–Trinajstić information content (AvgIpc) is 3.42. The highest BCUT2D eigenvalue weighted by Crippen LogP contribution is 2.29. The molecule has 0 atom stereocenters.